The van der Waals surface area contributed by atoms with Crippen molar-refractivity contribution in [2.24, 2.45) is 0 Å². The summed E-state index contributed by atoms with van der Waals surface area (Å²) < 4.78 is 0. The number of nitrogen functional groups attached to an aromatic ring is 1. The Balaban J connectivity index is 2.28. The molecule has 5 heteroatoms. The summed E-state index contributed by atoms with van der Waals surface area (Å²) in [6.45, 7) is 1.75. The van der Waals surface area contributed by atoms with E-state index in [-0.39, 0.29) is 11.7 Å². The topological polar surface area (TPSA) is 75.4 Å². The molecule has 0 spiro atoms. The molecule has 0 aliphatic carbocycles. The lowest BCUT2D eigenvalue weighted by Crippen LogP contribution is -2.13. The summed E-state index contributed by atoms with van der Waals surface area (Å²) in [4.78, 5) is 12.0. The number of aromatic hydroxyl groups is 1. The average molecular weight is 277 g/mol. The first-order valence-corrected chi connectivity index (χ1v) is 6.02. The second kappa shape index (κ2) is 5.20. The van der Waals surface area contributed by atoms with Crippen LogP contribution in [0, 0.1) is 6.92 Å². The minimum atomic E-state index is -0.380. The van der Waals surface area contributed by atoms with Crippen molar-refractivity contribution in [1.29, 1.82) is 0 Å². The van der Waals surface area contributed by atoms with Gasteiger partial charge < -0.3 is 16.2 Å². The van der Waals surface area contributed by atoms with Gasteiger partial charge in [0.25, 0.3) is 5.91 Å². The van der Waals surface area contributed by atoms with Gasteiger partial charge in [0.05, 0.1) is 16.4 Å². The third-order valence-corrected chi connectivity index (χ3v) is 3.07. The molecule has 0 fully saturated rings. The summed E-state index contributed by atoms with van der Waals surface area (Å²) in [5.74, 6) is -0.310. The van der Waals surface area contributed by atoms with Crippen molar-refractivity contribution in [2.75, 3.05) is 11.1 Å². The Kier molecular flexibility index (Phi) is 3.62. The van der Waals surface area contributed by atoms with Crippen LogP contribution in [0.1, 0.15) is 15.9 Å². The zero-order chi connectivity index (χ0) is 14.0. The molecule has 0 heterocycles. The first-order valence-electron chi connectivity index (χ1n) is 5.64. The normalized spacial score (nSPS) is 10.2. The molecule has 1 amide bonds. The second-order valence-electron chi connectivity index (χ2n) is 4.16. The van der Waals surface area contributed by atoms with E-state index in [1.54, 1.807) is 37.3 Å². The van der Waals surface area contributed by atoms with Crippen molar-refractivity contribution in [2.45, 2.75) is 6.92 Å². The number of hydrogen-bond acceptors (Lipinski definition) is 3. The van der Waals surface area contributed by atoms with Gasteiger partial charge in [0.1, 0.15) is 5.75 Å². The predicted molar refractivity (Wildman–Crippen MR) is 76.7 cm³/mol. The van der Waals surface area contributed by atoms with Crippen molar-refractivity contribution in [1.82, 2.24) is 0 Å². The summed E-state index contributed by atoms with van der Waals surface area (Å²) in [6.07, 6.45) is 0. The fraction of sp³-hybridized carbons (Fsp3) is 0.0714. The molecule has 0 saturated heterocycles. The van der Waals surface area contributed by atoms with Crippen LogP contribution in [0.15, 0.2) is 36.4 Å². The number of halogens is 1. The maximum Gasteiger partial charge on any atom is 0.255 e. The Labute approximate surface area is 115 Å². The molecule has 2 aromatic carbocycles. The lowest BCUT2D eigenvalue weighted by Gasteiger charge is -2.10. The maximum absolute atomic E-state index is 12.0. The number of para-hydroxylation sites is 1. The van der Waals surface area contributed by atoms with E-state index in [0.717, 1.165) is 0 Å². The third-order valence-electron chi connectivity index (χ3n) is 2.76. The zero-order valence-corrected chi connectivity index (χ0v) is 11.0. The van der Waals surface area contributed by atoms with E-state index in [1.165, 1.54) is 6.07 Å². The number of rotatable bonds is 2. The summed E-state index contributed by atoms with van der Waals surface area (Å²) in [6, 6.07) is 9.68. The Hall–Kier alpha value is -2.20. The van der Waals surface area contributed by atoms with Gasteiger partial charge in [-0.15, -0.1) is 0 Å². The van der Waals surface area contributed by atoms with Gasteiger partial charge in [0, 0.05) is 5.56 Å². The molecule has 0 atom stereocenters. The van der Waals surface area contributed by atoms with Crippen molar-refractivity contribution < 1.29 is 9.90 Å². The maximum atomic E-state index is 12.0. The number of benzene rings is 2. The Bertz CT molecular complexity index is 621. The van der Waals surface area contributed by atoms with E-state index in [1.807, 2.05) is 0 Å². The smallest absolute Gasteiger partial charge is 0.255 e. The summed E-state index contributed by atoms with van der Waals surface area (Å²) in [5.41, 5.74) is 7.55. The molecular formula is C14H13ClN2O2. The quantitative estimate of drug-likeness (QED) is 0.737. The van der Waals surface area contributed by atoms with Crippen LogP contribution in [0.2, 0.25) is 5.02 Å². The molecule has 0 aromatic heterocycles. The van der Waals surface area contributed by atoms with Crippen LogP contribution < -0.4 is 11.1 Å². The van der Waals surface area contributed by atoms with E-state index in [2.05, 4.69) is 5.32 Å². The number of phenolic OH excluding ortho intramolecular Hbond substituents is 1. The van der Waals surface area contributed by atoms with Crippen LogP contribution in [0.5, 0.6) is 5.75 Å². The van der Waals surface area contributed by atoms with Gasteiger partial charge >= 0.3 is 0 Å². The Morgan fingerprint density at radius 2 is 2.05 bits per heavy atom. The molecule has 0 aliphatic heterocycles. The number of anilines is 2. The van der Waals surface area contributed by atoms with E-state index in [0.29, 0.717) is 27.5 Å². The summed E-state index contributed by atoms with van der Waals surface area (Å²) >= 11 is 5.97. The van der Waals surface area contributed by atoms with Gasteiger partial charge in [-0.1, -0.05) is 23.7 Å². The van der Waals surface area contributed by atoms with E-state index in [4.69, 9.17) is 17.3 Å². The SMILES string of the molecule is Cc1ccc(C(=O)Nc2c(N)cccc2Cl)cc1O. The van der Waals surface area contributed by atoms with Gasteiger partial charge in [0.2, 0.25) is 0 Å². The molecule has 4 nitrogen and oxygen atoms in total. The Morgan fingerprint density at radius 3 is 2.68 bits per heavy atom. The third kappa shape index (κ3) is 2.80. The van der Waals surface area contributed by atoms with Crippen LogP contribution in [0.3, 0.4) is 0 Å². The number of amides is 1. The molecule has 0 radical (unpaired) electrons. The lowest BCUT2D eigenvalue weighted by atomic mass is 10.1. The Morgan fingerprint density at radius 1 is 1.32 bits per heavy atom. The highest BCUT2D eigenvalue weighted by Crippen LogP contribution is 2.28. The number of phenols is 1. The van der Waals surface area contributed by atoms with E-state index in [9.17, 15) is 9.90 Å². The van der Waals surface area contributed by atoms with Gasteiger partial charge in [-0.3, -0.25) is 4.79 Å². The number of carbonyl (C=O) groups is 1. The van der Waals surface area contributed by atoms with Crippen molar-refractivity contribution in [3.8, 4) is 5.75 Å². The zero-order valence-electron chi connectivity index (χ0n) is 10.3. The van der Waals surface area contributed by atoms with Crippen molar-refractivity contribution in [3.05, 3.63) is 52.5 Å². The second-order valence-corrected chi connectivity index (χ2v) is 4.57. The van der Waals surface area contributed by atoms with Gasteiger partial charge in [-0.2, -0.15) is 0 Å². The van der Waals surface area contributed by atoms with Crippen LogP contribution in [0.4, 0.5) is 11.4 Å². The highest BCUT2D eigenvalue weighted by atomic mass is 35.5. The molecule has 0 saturated carbocycles. The summed E-state index contributed by atoms with van der Waals surface area (Å²) in [5, 5.41) is 12.6. The fourth-order valence-corrected chi connectivity index (χ4v) is 1.84. The highest BCUT2D eigenvalue weighted by molar-refractivity contribution is 6.34. The molecule has 2 rings (SSSR count). The van der Waals surface area contributed by atoms with E-state index < -0.39 is 0 Å². The number of carbonyl (C=O) groups excluding carboxylic acids is 1. The van der Waals surface area contributed by atoms with Crippen LogP contribution in [0.25, 0.3) is 0 Å². The minimum absolute atomic E-state index is 0.0692. The number of hydrogen-bond donors (Lipinski definition) is 3. The molecule has 0 unspecified atom stereocenters. The fourth-order valence-electron chi connectivity index (χ4n) is 1.61. The van der Waals surface area contributed by atoms with Gasteiger partial charge in [0.15, 0.2) is 0 Å². The molecule has 0 bridgehead atoms. The van der Waals surface area contributed by atoms with Crippen molar-refractivity contribution in [3.63, 3.8) is 0 Å². The first-order chi connectivity index (χ1) is 8.99. The largest absolute Gasteiger partial charge is 0.508 e. The average Bonchev–Trinajstić information content (AvgIpc) is 2.37. The monoisotopic (exact) mass is 276 g/mol. The van der Waals surface area contributed by atoms with Crippen LogP contribution in [-0.2, 0) is 0 Å². The summed E-state index contributed by atoms with van der Waals surface area (Å²) in [7, 11) is 0. The highest BCUT2D eigenvalue weighted by Gasteiger charge is 2.12. The molecule has 19 heavy (non-hydrogen) atoms. The van der Waals surface area contributed by atoms with Crippen LogP contribution >= 0.6 is 11.6 Å². The number of nitrogens with two attached hydrogens (primary N) is 1. The molecule has 0 aliphatic rings. The van der Waals surface area contributed by atoms with Gasteiger partial charge in [-0.25, -0.2) is 0 Å². The molecule has 4 N–H and O–H groups in total. The molecular weight excluding hydrogens is 264 g/mol. The number of aryl methyl sites for hydroxylation is 1. The molecule has 98 valence electrons. The van der Waals surface area contributed by atoms with E-state index >= 15 is 0 Å². The van der Waals surface area contributed by atoms with Crippen molar-refractivity contribution >= 4 is 28.9 Å². The molecule has 2 aromatic rings. The number of nitrogens with one attached hydrogen (secondary N) is 1. The minimum Gasteiger partial charge on any atom is -0.508 e. The van der Waals surface area contributed by atoms with Crippen LogP contribution in [-0.4, -0.2) is 11.0 Å². The lowest BCUT2D eigenvalue weighted by molar-refractivity contribution is 0.102. The predicted octanol–water partition coefficient (Wildman–Crippen LogP) is 3.19. The first kappa shape index (κ1) is 13.2. The standard InChI is InChI=1S/C14H13ClN2O2/c1-8-5-6-9(7-12(8)18)14(19)17-13-10(15)3-2-4-11(13)16/h2-7,18H,16H2,1H3,(H,17,19). The van der Waals surface area contributed by atoms with Gasteiger partial charge in [-0.05, 0) is 36.8 Å².